The molecule has 0 aliphatic carbocycles. The number of rotatable bonds is 6. The van der Waals surface area contributed by atoms with E-state index in [1.165, 1.54) is 0 Å². The molecule has 0 aliphatic rings. The number of halogens is 1. The van der Waals surface area contributed by atoms with Gasteiger partial charge in [-0.05, 0) is 31.0 Å². The smallest absolute Gasteiger partial charge is 0.317 e. The average Bonchev–Trinajstić information content (AvgIpc) is 2.26. The van der Waals surface area contributed by atoms with Gasteiger partial charge in [0.25, 0.3) is 0 Å². The van der Waals surface area contributed by atoms with E-state index in [9.17, 15) is 4.79 Å². The van der Waals surface area contributed by atoms with Gasteiger partial charge in [0.2, 0.25) is 0 Å². The molecule has 1 rings (SSSR count). The fourth-order valence-corrected chi connectivity index (χ4v) is 2.12. The van der Waals surface area contributed by atoms with Crippen LogP contribution in [0.4, 0.5) is 0 Å². The maximum atomic E-state index is 10.8. The highest BCUT2D eigenvalue weighted by atomic mass is 79.9. The van der Waals surface area contributed by atoms with Gasteiger partial charge >= 0.3 is 5.97 Å². The maximum Gasteiger partial charge on any atom is 0.317 e. The quantitative estimate of drug-likeness (QED) is 0.877. The van der Waals surface area contributed by atoms with Gasteiger partial charge in [-0.2, -0.15) is 0 Å². The zero-order chi connectivity index (χ0) is 12.8. The van der Waals surface area contributed by atoms with E-state index >= 15 is 0 Å². The molecule has 0 heterocycles. The first-order chi connectivity index (χ1) is 8.02. The van der Waals surface area contributed by atoms with Crippen molar-refractivity contribution < 1.29 is 9.90 Å². The summed E-state index contributed by atoms with van der Waals surface area (Å²) in [6, 6.07) is 8.24. The first-order valence-electron chi connectivity index (χ1n) is 5.73. The van der Waals surface area contributed by atoms with Gasteiger partial charge in [-0.1, -0.05) is 35.0 Å². The summed E-state index contributed by atoms with van der Waals surface area (Å²) >= 11 is 3.42. The van der Waals surface area contributed by atoms with Gasteiger partial charge in [-0.15, -0.1) is 0 Å². The zero-order valence-electron chi connectivity index (χ0n) is 10.2. The van der Waals surface area contributed by atoms with Crippen LogP contribution in [0.3, 0.4) is 0 Å². The van der Waals surface area contributed by atoms with E-state index in [-0.39, 0.29) is 12.6 Å². The number of hydrogen-bond acceptors (Lipinski definition) is 2. The van der Waals surface area contributed by atoms with Crippen molar-refractivity contribution in [3.8, 4) is 0 Å². The molecule has 1 aromatic rings. The molecule has 0 radical (unpaired) electrons. The molecular formula is C13H18BrNO2. The fraction of sp³-hybridized carbons (Fsp3) is 0.462. The van der Waals surface area contributed by atoms with Crippen LogP contribution in [-0.2, 0) is 11.3 Å². The average molecular weight is 300 g/mol. The minimum Gasteiger partial charge on any atom is -0.480 e. The minimum absolute atomic E-state index is 0.0848. The fourth-order valence-electron chi connectivity index (χ4n) is 1.67. The molecule has 0 fully saturated rings. The highest BCUT2D eigenvalue weighted by molar-refractivity contribution is 9.10. The van der Waals surface area contributed by atoms with Crippen LogP contribution < -0.4 is 0 Å². The number of carboxylic acids is 1. The number of carboxylic acid groups (broad SMARTS) is 1. The van der Waals surface area contributed by atoms with E-state index in [0.29, 0.717) is 6.54 Å². The largest absolute Gasteiger partial charge is 0.480 e. The summed E-state index contributed by atoms with van der Waals surface area (Å²) in [7, 11) is 0. The summed E-state index contributed by atoms with van der Waals surface area (Å²) in [4.78, 5) is 12.8. The van der Waals surface area contributed by atoms with Gasteiger partial charge in [-0.3, -0.25) is 9.69 Å². The van der Waals surface area contributed by atoms with Crippen LogP contribution in [0.15, 0.2) is 28.7 Å². The molecular weight excluding hydrogens is 282 g/mol. The van der Waals surface area contributed by atoms with Crippen LogP contribution in [0.25, 0.3) is 0 Å². The van der Waals surface area contributed by atoms with Crippen LogP contribution in [0.1, 0.15) is 25.8 Å². The van der Waals surface area contributed by atoms with E-state index < -0.39 is 5.97 Å². The van der Waals surface area contributed by atoms with Crippen LogP contribution in [-0.4, -0.2) is 28.6 Å². The zero-order valence-corrected chi connectivity index (χ0v) is 11.8. The molecule has 1 unspecified atom stereocenters. The highest BCUT2D eigenvalue weighted by Gasteiger charge is 2.15. The van der Waals surface area contributed by atoms with Crippen molar-refractivity contribution in [2.24, 2.45) is 0 Å². The Morgan fingerprint density at radius 2 is 2.24 bits per heavy atom. The second-order valence-electron chi connectivity index (χ2n) is 4.19. The van der Waals surface area contributed by atoms with Gasteiger partial charge in [-0.25, -0.2) is 0 Å². The second-order valence-corrected chi connectivity index (χ2v) is 5.10. The van der Waals surface area contributed by atoms with E-state index in [1.807, 2.05) is 29.2 Å². The number of nitrogens with zero attached hydrogens (tertiary/aromatic N) is 1. The van der Waals surface area contributed by atoms with E-state index in [2.05, 4.69) is 29.8 Å². The third-order valence-electron chi connectivity index (χ3n) is 2.83. The highest BCUT2D eigenvalue weighted by Crippen LogP contribution is 2.15. The Labute approximate surface area is 111 Å². The molecule has 0 aliphatic heterocycles. The van der Waals surface area contributed by atoms with E-state index in [1.54, 1.807) is 0 Å². The van der Waals surface area contributed by atoms with Gasteiger partial charge in [0.05, 0.1) is 6.54 Å². The van der Waals surface area contributed by atoms with Crippen molar-refractivity contribution in [1.82, 2.24) is 4.90 Å². The van der Waals surface area contributed by atoms with Crippen molar-refractivity contribution in [1.29, 1.82) is 0 Å². The molecule has 0 amide bonds. The number of benzene rings is 1. The van der Waals surface area contributed by atoms with Crippen molar-refractivity contribution in [2.45, 2.75) is 32.9 Å². The van der Waals surface area contributed by atoms with Gasteiger partial charge in [0, 0.05) is 17.1 Å². The number of hydrogen-bond donors (Lipinski definition) is 1. The molecule has 0 aromatic heterocycles. The van der Waals surface area contributed by atoms with Gasteiger partial charge < -0.3 is 5.11 Å². The Morgan fingerprint density at radius 1 is 1.53 bits per heavy atom. The van der Waals surface area contributed by atoms with Crippen molar-refractivity contribution in [2.75, 3.05) is 6.54 Å². The molecule has 3 nitrogen and oxygen atoms in total. The van der Waals surface area contributed by atoms with E-state index in [4.69, 9.17) is 5.11 Å². The molecule has 4 heteroatoms. The normalized spacial score (nSPS) is 12.7. The predicted molar refractivity (Wildman–Crippen MR) is 71.9 cm³/mol. The Kier molecular flexibility index (Phi) is 5.65. The summed E-state index contributed by atoms with van der Waals surface area (Å²) in [5.41, 5.74) is 1.13. The summed E-state index contributed by atoms with van der Waals surface area (Å²) in [6.07, 6.45) is 0.946. The third kappa shape index (κ3) is 4.88. The molecule has 0 saturated heterocycles. The topological polar surface area (TPSA) is 40.5 Å². The molecule has 0 bridgehead atoms. The molecule has 17 heavy (non-hydrogen) atoms. The Hall–Kier alpha value is -0.870. The second kappa shape index (κ2) is 6.77. The molecule has 1 atom stereocenters. The number of aliphatic carboxylic acids is 1. The SMILES string of the molecule is CCC(C)N(CC(=O)O)Cc1cccc(Br)c1. The van der Waals surface area contributed by atoms with Crippen LogP contribution >= 0.6 is 15.9 Å². The van der Waals surface area contributed by atoms with Crippen molar-refractivity contribution >= 4 is 21.9 Å². The van der Waals surface area contributed by atoms with Crippen molar-refractivity contribution in [3.63, 3.8) is 0 Å². The lowest BCUT2D eigenvalue weighted by Crippen LogP contribution is -2.36. The standard InChI is InChI=1S/C13H18BrNO2/c1-3-10(2)15(9-13(16)17)8-11-5-4-6-12(14)7-11/h4-7,10H,3,8-9H2,1-2H3,(H,16,17). The number of carbonyl (C=O) groups is 1. The van der Waals surface area contributed by atoms with Gasteiger partial charge in [0.15, 0.2) is 0 Å². The van der Waals surface area contributed by atoms with Crippen LogP contribution in [0.5, 0.6) is 0 Å². The van der Waals surface area contributed by atoms with Gasteiger partial charge in [0.1, 0.15) is 0 Å². The summed E-state index contributed by atoms with van der Waals surface area (Å²) in [6.45, 7) is 4.88. The Morgan fingerprint density at radius 3 is 2.76 bits per heavy atom. The first kappa shape index (κ1) is 14.2. The van der Waals surface area contributed by atoms with Crippen molar-refractivity contribution in [3.05, 3.63) is 34.3 Å². The molecule has 94 valence electrons. The lowest BCUT2D eigenvalue weighted by Gasteiger charge is -2.26. The van der Waals surface area contributed by atoms with E-state index in [0.717, 1.165) is 16.5 Å². The minimum atomic E-state index is -0.778. The lowest BCUT2D eigenvalue weighted by atomic mass is 10.1. The molecule has 0 spiro atoms. The van der Waals surface area contributed by atoms with Crippen LogP contribution in [0, 0.1) is 0 Å². The monoisotopic (exact) mass is 299 g/mol. The molecule has 1 N–H and O–H groups in total. The Balaban J connectivity index is 2.74. The summed E-state index contributed by atoms with van der Waals surface area (Å²) < 4.78 is 1.02. The molecule has 1 aromatic carbocycles. The lowest BCUT2D eigenvalue weighted by molar-refractivity contribution is -0.139. The van der Waals surface area contributed by atoms with Crippen LogP contribution in [0.2, 0.25) is 0 Å². The summed E-state index contributed by atoms with van der Waals surface area (Å²) in [5.74, 6) is -0.778. The Bertz CT molecular complexity index is 381. The first-order valence-corrected chi connectivity index (χ1v) is 6.52. The summed E-state index contributed by atoms with van der Waals surface area (Å²) in [5, 5.41) is 8.91. The molecule has 0 saturated carbocycles. The maximum absolute atomic E-state index is 10.8. The predicted octanol–water partition coefficient (Wildman–Crippen LogP) is 3.13. The third-order valence-corrected chi connectivity index (χ3v) is 3.32.